The second-order valence-corrected chi connectivity index (χ2v) is 9.66. The van der Waals surface area contributed by atoms with Crippen molar-refractivity contribution in [1.29, 1.82) is 0 Å². The minimum Gasteiger partial charge on any atom is -0.303 e. The van der Waals surface area contributed by atoms with Crippen molar-refractivity contribution in [2.45, 2.75) is 37.5 Å². The average molecular weight is 424 g/mol. The summed E-state index contributed by atoms with van der Waals surface area (Å²) in [5.41, 5.74) is 3.76. The van der Waals surface area contributed by atoms with Gasteiger partial charge < -0.3 is 4.90 Å². The van der Waals surface area contributed by atoms with E-state index in [-0.39, 0.29) is 5.92 Å². The number of likely N-dealkylation sites (tertiary alicyclic amines) is 1. The van der Waals surface area contributed by atoms with E-state index in [9.17, 15) is 4.79 Å². The minimum atomic E-state index is 0.134. The van der Waals surface area contributed by atoms with Gasteiger partial charge in [-0.1, -0.05) is 91.0 Å². The third kappa shape index (κ3) is 4.71. The molecule has 1 unspecified atom stereocenters. The third-order valence-electron chi connectivity index (χ3n) is 7.70. The number of piperidine rings is 1. The van der Waals surface area contributed by atoms with E-state index in [0.717, 1.165) is 38.0 Å². The molecule has 3 aromatic rings. The van der Waals surface area contributed by atoms with Gasteiger partial charge in [0.1, 0.15) is 0 Å². The summed E-state index contributed by atoms with van der Waals surface area (Å²) in [4.78, 5) is 15.9. The van der Waals surface area contributed by atoms with Crippen molar-refractivity contribution in [3.8, 4) is 0 Å². The monoisotopic (exact) mass is 423 g/mol. The van der Waals surface area contributed by atoms with Gasteiger partial charge in [-0.05, 0) is 67.7 Å². The maximum atomic E-state index is 13.2. The van der Waals surface area contributed by atoms with Gasteiger partial charge in [0.15, 0.2) is 5.78 Å². The summed E-state index contributed by atoms with van der Waals surface area (Å²) in [6.07, 6.45) is 4.45. The molecule has 2 fully saturated rings. The highest BCUT2D eigenvalue weighted by Crippen LogP contribution is 2.45. The molecule has 2 aliphatic rings. The van der Waals surface area contributed by atoms with Crippen molar-refractivity contribution in [3.63, 3.8) is 0 Å². The Balaban J connectivity index is 1.27. The number of nitrogens with zero attached hydrogens (tertiary/aromatic N) is 1. The Hall–Kier alpha value is -2.71. The maximum absolute atomic E-state index is 13.2. The molecule has 0 aromatic heterocycles. The smallest absolute Gasteiger partial charge is 0.165 e. The predicted octanol–water partition coefficient (Wildman–Crippen LogP) is 6.56. The topological polar surface area (TPSA) is 20.3 Å². The zero-order chi connectivity index (χ0) is 21.8. The van der Waals surface area contributed by atoms with E-state index >= 15 is 0 Å². The first-order chi connectivity index (χ1) is 15.8. The molecule has 0 N–H and O–H groups in total. The second kappa shape index (κ2) is 9.83. The number of hydrogen-bond donors (Lipinski definition) is 0. The molecule has 1 aliphatic carbocycles. The van der Waals surface area contributed by atoms with Crippen LogP contribution in [0, 0.1) is 11.8 Å². The molecule has 32 heavy (non-hydrogen) atoms. The van der Waals surface area contributed by atoms with Crippen LogP contribution in [0.3, 0.4) is 0 Å². The highest BCUT2D eigenvalue weighted by Gasteiger charge is 2.39. The summed E-state index contributed by atoms with van der Waals surface area (Å²) in [5, 5.41) is 0. The molecule has 5 rings (SSSR count). The lowest BCUT2D eigenvalue weighted by atomic mass is 9.86. The molecule has 0 amide bonds. The van der Waals surface area contributed by atoms with Gasteiger partial charge in [-0.25, -0.2) is 0 Å². The Morgan fingerprint density at radius 1 is 0.719 bits per heavy atom. The lowest BCUT2D eigenvalue weighted by Gasteiger charge is -2.35. The van der Waals surface area contributed by atoms with Crippen LogP contribution in [0.4, 0.5) is 0 Å². The van der Waals surface area contributed by atoms with E-state index in [1.54, 1.807) is 0 Å². The highest BCUT2D eigenvalue weighted by molar-refractivity contribution is 5.98. The number of ketones is 1. The van der Waals surface area contributed by atoms with Crippen molar-refractivity contribution >= 4 is 5.78 Å². The fourth-order valence-electron chi connectivity index (χ4n) is 5.99. The van der Waals surface area contributed by atoms with Gasteiger partial charge in [0.2, 0.25) is 0 Å². The van der Waals surface area contributed by atoms with E-state index in [2.05, 4.69) is 65.6 Å². The summed E-state index contributed by atoms with van der Waals surface area (Å²) < 4.78 is 0. The summed E-state index contributed by atoms with van der Waals surface area (Å²) in [7, 11) is 0. The number of rotatable bonds is 6. The van der Waals surface area contributed by atoms with Crippen molar-refractivity contribution in [2.24, 2.45) is 11.8 Å². The van der Waals surface area contributed by atoms with Gasteiger partial charge in [0, 0.05) is 18.0 Å². The van der Waals surface area contributed by atoms with Gasteiger partial charge in [-0.2, -0.15) is 0 Å². The first-order valence-electron chi connectivity index (χ1n) is 12.2. The molecule has 1 aliphatic heterocycles. The molecule has 2 heteroatoms. The fourth-order valence-corrected chi connectivity index (χ4v) is 5.99. The van der Waals surface area contributed by atoms with Gasteiger partial charge in [0.25, 0.3) is 0 Å². The van der Waals surface area contributed by atoms with E-state index in [1.165, 1.54) is 24.0 Å². The number of hydrogen-bond acceptors (Lipinski definition) is 2. The Labute approximate surface area is 192 Å². The van der Waals surface area contributed by atoms with Crippen LogP contribution in [0.15, 0.2) is 91.0 Å². The van der Waals surface area contributed by atoms with Crippen LogP contribution in [-0.4, -0.2) is 30.3 Å². The van der Waals surface area contributed by atoms with Crippen molar-refractivity contribution in [3.05, 3.63) is 108 Å². The quantitative estimate of drug-likeness (QED) is 0.419. The largest absolute Gasteiger partial charge is 0.303 e. The lowest BCUT2D eigenvalue weighted by Crippen LogP contribution is -2.37. The van der Waals surface area contributed by atoms with Gasteiger partial charge in [-0.3, -0.25) is 4.79 Å². The number of Topliss-reactive ketones (excluding diaryl/α,β-unsaturated/α-hetero) is 1. The molecule has 0 radical (unpaired) electrons. The van der Waals surface area contributed by atoms with Crippen LogP contribution in [0.5, 0.6) is 0 Å². The molecule has 0 spiro atoms. The maximum Gasteiger partial charge on any atom is 0.165 e. The Bertz CT molecular complexity index is 993. The van der Waals surface area contributed by atoms with Crippen LogP contribution in [0.25, 0.3) is 0 Å². The third-order valence-corrected chi connectivity index (χ3v) is 7.70. The highest BCUT2D eigenvalue weighted by atomic mass is 16.1. The lowest BCUT2D eigenvalue weighted by molar-refractivity contribution is 0.0916. The van der Waals surface area contributed by atoms with Gasteiger partial charge in [0.05, 0.1) is 0 Å². The summed E-state index contributed by atoms with van der Waals surface area (Å²) in [6.45, 7) is 3.43. The second-order valence-electron chi connectivity index (χ2n) is 9.66. The predicted molar refractivity (Wildman–Crippen MR) is 131 cm³/mol. The van der Waals surface area contributed by atoms with Gasteiger partial charge >= 0.3 is 0 Å². The number of carbonyl (C=O) groups excluding carboxylic acids is 1. The Kier molecular flexibility index (Phi) is 6.50. The molecule has 1 heterocycles. The van der Waals surface area contributed by atoms with E-state index in [1.807, 2.05) is 30.3 Å². The summed E-state index contributed by atoms with van der Waals surface area (Å²) in [5.74, 6) is 2.17. The minimum absolute atomic E-state index is 0.134. The van der Waals surface area contributed by atoms with Crippen molar-refractivity contribution < 1.29 is 4.79 Å². The van der Waals surface area contributed by atoms with Crippen LogP contribution < -0.4 is 0 Å². The van der Waals surface area contributed by atoms with Crippen molar-refractivity contribution in [1.82, 2.24) is 4.90 Å². The molecule has 2 nitrogen and oxygen atoms in total. The molecular formula is C30H33NO. The zero-order valence-electron chi connectivity index (χ0n) is 18.8. The molecular weight excluding hydrogens is 390 g/mol. The van der Waals surface area contributed by atoms with Crippen LogP contribution in [-0.2, 0) is 0 Å². The molecule has 164 valence electrons. The zero-order valence-corrected chi connectivity index (χ0v) is 18.8. The van der Waals surface area contributed by atoms with Crippen LogP contribution in [0.1, 0.15) is 59.0 Å². The fraction of sp³-hybridized carbons (Fsp3) is 0.367. The molecule has 3 atom stereocenters. The van der Waals surface area contributed by atoms with E-state index in [0.29, 0.717) is 23.5 Å². The molecule has 0 bridgehead atoms. The standard InChI is InChI=1S/C30H33NO/c32-30(26-14-8-3-9-15-26)27-20-28(29(21-27)25-12-6-2-7-13-25)22-31-18-16-24(17-19-31)23-10-4-1-5-11-23/h1-15,24,27-29H,16-22H2/t27?,28-,29-/m1/s1. The number of benzene rings is 3. The Morgan fingerprint density at radius 3 is 1.91 bits per heavy atom. The molecule has 3 aromatic carbocycles. The first-order valence-corrected chi connectivity index (χ1v) is 12.2. The normalized spacial score (nSPS) is 24.4. The Morgan fingerprint density at radius 2 is 1.28 bits per heavy atom. The van der Waals surface area contributed by atoms with Crippen molar-refractivity contribution in [2.75, 3.05) is 19.6 Å². The summed E-state index contributed by atoms with van der Waals surface area (Å²) >= 11 is 0. The number of carbonyl (C=O) groups is 1. The molecule has 1 saturated carbocycles. The molecule has 1 saturated heterocycles. The van der Waals surface area contributed by atoms with Crippen LogP contribution in [0.2, 0.25) is 0 Å². The van der Waals surface area contributed by atoms with Crippen LogP contribution >= 0.6 is 0 Å². The SMILES string of the molecule is O=C(c1ccccc1)C1C[C@H](CN2CCC(c3ccccc3)CC2)[C@@H](c2ccccc2)C1. The van der Waals surface area contributed by atoms with Gasteiger partial charge in [-0.15, -0.1) is 0 Å². The summed E-state index contributed by atoms with van der Waals surface area (Å²) in [6, 6.07) is 31.8. The average Bonchev–Trinajstić information content (AvgIpc) is 3.29. The van der Waals surface area contributed by atoms with E-state index < -0.39 is 0 Å². The van der Waals surface area contributed by atoms with E-state index in [4.69, 9.17) is 0 Å². The first kappa shape index (κ1) is 21.2.